The summed E-state index contributed by atoms with van der Waals surface area (Å²) in [6, 6.07) is 16.7. The topological polar surface area (TPSA) is 80.6 Å². The zero-order chi connectivity index (χ0) is 19.9. The largest absolute Gasteiger partial charge is 0.489 e. The molecule has 0 aliphatic carbocycles. The van der Waals surface area contributed by atoms with Gasteiger partial charge in [-0.3, -0.25) is 9.59 Å². The SMILES string of the molecule is Cc1cccc(C)c1NC(=O)CNC(=O)c1occc1COc1ccccc1. The Hall–Kier alpha value is -3.54. The van der Waals surface area contributed by atoms with E-state index < -0.39 is 5.91 Å². The third-order valence-corrected chi connectivity index (χ3v) is 4.25. The fourth-order valence-electron chi connectivity index (χ4n) is 2.76. The van der Waals surface area contributed by atoms with Gasteiger partial charge in [-0.05, 0) is 43.2 Å². The fraction of sp³-hybridized carbons (Fsp3) is 0.182. The third-order valence-electron chi connectivity index (χ3n) is 4.25. The number of ether oxygens (including phenoxy) is 1. The zero-order valence-electron chi connectivity index (χ0n) is 15.8. The van der Waals surface area contributed by atoms with Crippen LogP contribution in [0.1, 0.15) is 27.2 Å². The third kappa shape index (κ3) is 4.79. The Bertz CT molecular complexity index is 943. The number of furan rings is 1. The number of benzene rings is 2. The van der Waals surface area contributed by atoms with E-state index in [1.807, 2.05) is 62.4 Å². The van der Waals surface area contributed by atoms with Crippen LogP contribution in [-0.2, 0) is 11.4 Å². The minimum absolute atomic E-state index is 0.135. The number of hydrogen-bond acceptors (Lipinski definition) is 4. The van der Waals surface area contributed by atoms with Crippen LogP contribution in [0.4, 0.5) is 5.69 Å². The van der Waals surface area contributed by atoms with Crippen LogP contribution in [0.5, 0.6) is 5.75 Å². The Morgan fingerprint density at radius 2 is 1.68 bits per heavy atom. The Balaban J connectivity index is 1.55. The van der Waals surface area contributed by atoms with Gasteiger partial charge in [-0.2, -0.15) is 0 Å². The number of carbonyl (C=O) groups is 2. The molecule has 0 saturated heterocycles. The van der Waals surface area contributed by atoms with Crippen LogP contribution in [0.2, 0.25) is 0 Å². The minimum Gasteiger partial charge on any atom is -0.489 e. The molecule has 2 aromatic carbocycles. The van der Waals surface area contributed by atoms with E-state index in [0.29, 0.717) is 11.3 Å². The van der Waals surface area contributed by atoms with Crippen LogP contribution in [0.3, 0.4) is 0 Å². The minimum atomic E-state index is -0.465. The summed E-state index contributed by atoms with van der Waals surface area (Å²) in [5, 5.41) is 5.41. The average Bonchev–Trinajstić information content (AvgIpc) is 3.17. The van der Waals surface area contributed by atoms with Crippen molar-refractivity contribution in [3.8, 4) is 5.75 Å². The summed E-state index contributed by atoms with van der Waals surface area (Å²) >= 11 is 0. The summed E-state index contributed by atoms with van der Waals surface area (Å²) in [4.78, 5) is 24.6. The Kier molecular flexibility index (Phi) is 6.11. The van der Waals surface area contributed by atoms with Crippen LogP contribution in [0.15, 0.2) is 65.3 Å². The predicted molar refractivity (Wildman–Crippen MR) is 106 cm³/mol. The van der Waals surface area contributed by atoms with Crippen LogP contribution >= 0.6 is 0 Å². The number of aryl methyl sites for hydroxylation is 2. The van der Waals surface area contributed by atoms with Crippen molar-refractivity contribution >= 4 is 17.5 Å². The Morgan fingerprint density at radius 1 is 0.964 bits per heavy atom. The van der Waals surface area contributed by atoms with E-state index in [9.17, 15) is 9.59 Å². The quantitative estimate of drug-likeness (QED) is 0.654. The van der Waals surface area contributed by atoms with Gasteiger partial charge in [0.2, 0.25) is 5.91 Å². The molecule has 2 amide bonds. The van der Waals surface area contributed by atoms with Gasteiger partial charge in [0, 0.05) is 11.3 Å². The lowest BCUT2D eigenvalue weighted by molar-refractivity contribution is -0.115. The molecule has 0 aliphatic rings. The highest BCUT2D eigenvalue weighted by Gasteiger charge is 2.17. The highest BCUT2D eigenvalue weighted by molar-refractivity contribution is 5.99. The van der Waals surface area contributed by atoms with Crippen LogP contribution in [0, 0.1) is 13.8 Å². The molecule has 0 atom stereocenters. The molecule has 3 rings (SSSR count). The number of rotatable bonds is 7. The van der Waals surface area contributed by atoms with E-state index in [1.54, 1.807) is 6.07 Å². The van der Waals surface area contributed by atoms with Gasteiger partial charge >= 0.3 is 0 Å². The van der Waals surface area contributed by atoms with E-state index >= 15 is 0 Å². The molecule has 6 heteroatoms. The van der Waals surface area contributed by atoms with Crippen LogP contribution < -0.4 is 15.4 Å². The summed E-state index contributed by atoms with van der Waals surface area (Å²) in [6.07, 6.45) is 1.43. The van der Waals surface area contributed by atoms with Gasteiger partial charge in [-0.25, -0.2) is 0 Å². The molecular weight excluding hydrogens is 356 g/mol. The van der Waals surface area contributed by atoms with E-state index in [2.05, 4.69) is 10.6 Å². The molecular formula is C22H22N2O4. The lowest BCUT2D eigenvalue weighted by Gasteiger charge is -2.12. The first-order valence-corrected chi connectivity index (χ1v) is 8.93. The first-order chi connectivity index (χ1) is 13.5. The highest BCUT2D eigenvalue weighted by atomic mass is 16.5. The van der Waals surface area contributed by atoms with Gasteiger partial charge < -0.3 is 19.8 Å². The van der Waals surface area contributed by atoms with Crippen molar-refractivity contribution in [3.05, 3.63) is 83.3 Å². The lowest BCUT2D eigenvalue weighted by Crippen LogP contribution is -2.33. The highest BCUT2D eigenvalue weighted by Crippen LogP contribution is 2.19. The summed E-state index contributed by atoms with van der Waals surface area (Å²) in [7, 11) is 0. The number of para-hydroxylation sites is 2. The average molecular weight is 378 g/mol. The molecule has 0 unspecified atom stereocenters. The number of amides is 2. The molecule has 28 heavy (non-hydrogen) atoms. The maximum Gasteiger partial charge on any atom is 0.287 e. The molecule has 1 heterocycles. The number of anilines is 1. The van der Waals surface area contributed by atoms with Gasteiger partial charge in [0.15, 0.2) is 5.76 Å². The summed E-state index contributed by atoms with van der Waals surface area (Å²) in [6.45, 7) is 3.87. The van der Waals surface area contributed by atoms with Gasteiger partial charge in [-0.15, -0.1) is 0 Å². The molecule has 0 aliphatic heterocycles. The Morgan fingerprint density at radius 3 is 2.39 bits per heavy atom. The van der Waals surface area contributed by atoms with Gasteiger partial charge in [0.25, 0.3) is 5.91 Å². The molecule has 6 nitrogen and oxygen atoms in total. The number of carbonyl (C=O) groups excluding carboxylic acids is 2. The molecule has 0 bridgehead atoms. The van der Waals surface area contributed by atoms with Crippen molar-refractivity contribution in [1.29, 1.82) is 0 Å². The van der Waals surface area contributed by atoms with Crippen molar-refractivity contribution < 1.29 is 18.7 Å². The maximum absolute atomic E-state index is 12.4. The predicted octanol–water partition coefficient (Wildman–Crippen LogP) is 3.84. The molecule has 144 valence electrons. The summed E-state index contributed by atoms with van der Waals surface area (Å²) in [5.41, 5.74) is 3.30. The number of hydrogen-bond donors (Lipinski definition) is 2. The van der Waals surface area contributed by atoms with Crippen molar-refractivity contribution in [2.75, 3.05) is 11.9 Å². The first kappa shape index (κ1) is 19.2. The van der Waals surface area contributed by atoms with Gasteiger partial charge in [0.1, 0.15) is 12.4 Å². The van der Waals surface area contributed by atoms with E-state index in [-0.39, 0.29) is 24.8 Å². The van der Waals surface area contributed by atoms with Gasteiger partial charge in [0.05, 0.1) is 12.8 Å². The monoisotopic (exact) mass is 378 g/mol. The lowest BCUT2D eigenvalue weighted by atomic mass is 10.1. The molecule has 1 aromatic heterocycles. The maximum atomic E-state index is 12.4. The standard InChI is InChI=1S/C22H22N2O4/c1-15-7-6-8-16(2)20(15)24-19(25)13-23-22(26)21-17(11-12-27-21)14-28-18-9-4-3-5-10-18/h3-12H,13-14H2,1-2H3,(H,23,26)(H,24,25). The van der Waals surface area contributed by atoms with E-state index in [4.69, 9.17) is 9.15 Å². The normalized spacial score (nSPS) is 10.4. The second kappa shape index (κ2) is 8.90. The summed E-state index contributed by atoms with van der Waals surface area (Å²) < 4.78 is 10.9. The second-order valence-electron chi connectivity index (χ2n) is 6.37. The van der Waals surface area contributed by atoms with Crippen LogP contribution in [0.25, 0.3) is 0 Å². The fourth-order valence-corrected chi connectivity index (χ4v) is 2.76. The summed E-state index contributed by atoms with van der Waals surface area (Å²) in [5.74, 6) is 0.0616. The molecule has 3 aromatic rings. The molecule has 0 spiro atoms. The molecule has 0 saturated carbocycles. The van der Waals surface area contributed by atoms with Crippen molar-refractivity contribution in [1.82, 2.24) is 5.32 Å². The van der Waals surface area contributed by atoms with Crippen molar-refractivity contribution in [3.63, 3.8) is 0 Å². The first-order valence-electron chi connectivity index (χ1n) is 8.93. The molecule has 0 radical (unpaired) electrons. The second-order valence-corrected chi connectivity index (χ2v) is 6.37. The van der Waals surface area contributed by atoms with Crippen LogP contribution in [-0.4, -0.2) is 18.4 Å². The van der Waals surface area contributed by atoms with Crippen molar-refractivity contribution in [2.24, 2.45) is 0 Å². The van der Waals surface area contributed by atoms with Crippen molar-refractivity contribution in [2.45, 2.75) is 20.5 Å². The smallest absolute Gasteiger partial charge is 0.287 e. The van der Waals surface area contributed by atoms with Gasteiger partial charge in [-0.1, -0.05) is 36.4 Å². The number of nitrogens with one attached hydrogen (secondary N) is 2. The van der Waals surface area contributed by atoms with E-state index in [0.717, 1.165) is 16.8 Å². The zero-order valence-corrected chi connectivity index (χ0v) is 15.8. The Labute approximate surface area is 163 Å². The molecule has 2 N–H and O–H groups in total. The molecule has 0 fully saturated rings. The van der Waals surface area contributed by atoms with E-state index in [1.165, 1.54) is 6.26 Å².